The van der Waals surface area contributed by atoms with Gasteiger partial charge in [-0.15, -0.1) is 0 Å². The molecule has 0 saturated carbocycles. The highest BCUT2D eigenvalue weighted by Gasteiger charge is 2.14. The predicted octanol–water partition coefficient (Wildman–Crippen LogP) is 5.02. The number of anilines is 1. The van der Waals surface area contributed by atoms with Crippen LogP contribution in [0.4, 0.5) is 5.69 Å². The molecule has 0 saturated heterocycles. The van der Waals surface area contributed by atoms with Gasteiger partial charge < -0.3 is 9.73 Å². The number of rotatable bonds is 5. The summed E-state index contributed by atoms with van der Waals surface area (Å²) in [5.41, 5.74) is 3.36. The van der Waals surface area contributed by atoms with Crippen molar-refractivity contribution in [2.45, 2.75) is 13.3 Å². The van der Waals surface area contributed by atoms with Gasteiger partial charge in [-0.2, -0.15) is 0 Å². The molecule has 120 valence electrons. The van der Waals surface area contributed by atoms with E-state index in [2.05, 4.69) is 12.2 Å². The van der Waals surface area contributed by atoms with Crippen LogP contribution in [-0.2, 0) is 11.2 Å². The molecule has 2 aromatic carbocycles. The number of furan rings is 1. The summed E-state index contributed by atoms with van der Waals surface area (Å²) in [5.74, 6) is 0.492. The summed E-state index contributed by atoms with van der Waals surface area (Å²) < 4.78 is 5.37. The van der Waals surface area contributed by atoms with E-state index >= 15 is 0 Å². The zero-order valence-corrected chi connectivity index (χ0v) is 13.5. The van der Waals surface area contributed by atoms with Crippen molar-refractivity contribution in [1.29, 1.82) is 0 Å². The Bertz CT molecular complexity index is 833. The van der Waals surface area contributed by atoms with Crippen molar-refractivity contribution < 1.29 is 9.21 Å². The number of carbonyl (C=O) groups excluding carboxylic acids is 1. The Balaban J connectivity index is 1.95. The summed E-state index contributed by atoms with van der Waals surface area (Å²) in [4.78, 5) is 12.9. The van der Waals surface area contributed by atoms with E-state index in [0.29, 0.717) is 11.3 Å². The lowest BCUT2D eigenvalue weighted by atomic mass is 10.0. The second-order valence-electron chi connectivity index (χ2n) is 5.40. The van der Waals surface area contributed by atoms with Crippen molar-refractivity contribution in [2.24, 2.45) is 0 Å². The lowest BCUT2D eigenvalue weighted by Crippen LogP contribution is -2.14. The molecule has 0 aliphatic rings. The third kappa shape index (κ3) is 3.63. The van der Waals surface area contributed by atoms with Gasteiger partial charge in [-0.1, -0.05) is 55.5 Å². The van der Waals surface area contributed by atoms with Gasteiger partial charge in [0.25, 0.3) is 5.91 Å². The Morgan fingerprint density at radius 3 is 2.46 bits per heavy atom. The number of aryl methyl sites for hydroxylation is 1. The molecule has 3 aromatic rings. The molecular weight excluding hydrogens is 298 g/mol. The Labute approximate surface area is 141 Å². The molecule has 3 heteroatoms. The number of hydrogen-bond donors (Lipinski definition) is 1. The maximum Gasteiger partial charge on any atom is 0.256 e. The van der Waals surface area contributed by atoms with Crippen LogP contribution in [0.3, 0.4) is 0 Å². The highest BCUT2D eigenvalue weighted by molar-refractivity contribution is 6.29. The second kappa shape index (κ2) is 7.47. The molecular formula is C21H19NO2. The summed E-state index contributed by atoms with van der Waals surface area (Å²) in [5, 5.41) is 3.02. The molecule has 0 aliphatic heterocycles. The number of para-hydroxylation sites is 1. The van der Waals surface area contributed by atoms with Gasteiger partial charge in [0.05, 0.1) is 11.8 Å². The first-order valence-corrected chi connectivity index (χ1v) is 7.98. The van der Waals surface area contributed by atoms with Gasteiger partial charge in [-0.3, -0.25) is 4.79 Å². The first-order valence-electron chi connectivity index (χ1n) is 7.98. The van der Waals surface area contributed by atoms with E-state index < -0.39 is 0 Å². The Morgan fingerprint density at radius 1 is 1.00 bits per heavy atom. The van der Waals surface area contributed by atoms with Crippen LogP contribution in [0.25, 0.3) is 11.6 Å². The van der Waals surface area contributed by atoms with Crippen LogP contribution in [0.1, 0.15) is 23.8 Å². The summed E-state index contributed by atoms with van der Waals surface area (Å²) in [6.07, 6.45) is 4.22. The van der Waals surface area contributed by atoms with Crippen molar-refractivity contribution >= 4 is 23.2 Å². The number of amides is 1. The quantitative estimate of drug-likeness (QED) is 0.671. The molecule has 1 N–H and O–H groups in total. The minimum Gasteiger partial charge on any atom is -0.465 e. The number of hydrogen-bond acceptors (Lipinski definition) is 2. The molecule has 0 bridgehead atoms. The normalized spacial score (nSPS) is 11.3. The van der Waals surface area contributed by atoms with Gasteiger partial charge in [-0.25, -0.2) is 0 Å². The molecule has 0 spiro atoms. The predicted molar refractivity (Wildman–Crippen MR) is 97.5 cm³/mol. The summed E-state index contributed by atoms with van der Waals surface area (Å²) in [6, 6.07) is 21.1. The fourth-order valence-electron chi connectivity index (χ4n) is 2.55. The Kier molecular flexibility index (Phi) is 4.92. The molecule has 1 amide bonds. The average Bonchev–Trinajstić information content (AvgIpc) is 3.14. The van der Waals surface area contributed by atoms with Crippen LogP contribution in [0.15, 0.2) is 77.4 Å². The summed E-state index contributed by atoms with van der Waals surface area (Å²) in [6.45, 7) is 2.07. The second-order valence-corrected chi connectivity index (χ2v) is 5.40. The van der Waals surface area contributed by atoms with Crippen molar-refractivity contribution in [3.63, 3.8) is 0 Å². The summed E-state index contributed by atoms with van der Waals surface area (Å²) >= 11 is 0. The number of nitrogens with one attached hydrogen (secondary N) is 1. The third-order valence-corrected chi connectivity index (χ3v) is 3.81. The van der Waals surface area contributed by atoms with E-state index in [1.54, 1.807) is 18.4 Å². The van der Waals surface area contributed by atoms with Crippen molar-refractivity contribution in [3.05, 3.63) is 89.9 Å². The minimum atomic E-state index is -0.154. The lowest BCUT2D eigenvalue weighted by molar-refractivity contribution is -0.111. The van der Waals surface area contributed by atoms with Crippen molar-refractivity contribution in [3.8, 4) is 0 Å². The third-order valence-electron chi connectivity index (χ3n) is 3.81. The van der Waals surface area contributed by atoms with Gasteiger partial charge in [-0.05, 0) is 41.8 Å². The number of benzene rings is 2. The van der Waals surface area contributed by atoms with Gasteiger partial charge in [0.1, 0.15) is 5.76 Å². The zero-order valence-electron chi connectivity index (χ0n) is 13.5. The molecule has 1 aromatic heterocycles. The average molecular weight is 317 g/mol. The molecule has 0 fully saturated rings. The minimum absolute atomic E-state index is 0.154. The molecule has 0 unspecified atom stereocenters. The highest BCUT2D eigenvalue weighted by Crippen LogP contribution is 2.22. The highest BCUT2D eigenvalue weighted by atomic mass is 16.3. The first-order chi connectivity index (χ1) is 11.8. The van der Waals surface area contributed by atoms with Crippen LogP contribution < -0.4 is 5.32 Å². The maximum absolute atomic E-state index is 12.9. The van der Waals surface area contributed by atoms with Crippen LogP contribution in [0, 0.1) is 0 Å². The Morgan fingerprint density at radius 2 is 1.75 bits per heavy atom. The lowest BCUT2D eigenvalue weighted by Gasteiger charge is -2.12. The molecule has 3 rings (SSSR count). The monoisotopic (exact) mass is 317 g/mol. The molecule has 24 heavy (non-hydrogen) atoms. The molecule has 0 aliphatic carbocycles. The van der Waals surface area contributed by atoms with Gasteiger partial charge in [0.15, 0.2) is 0 Å². The molecule has 0 atom stereocenters. The first kappa shape index (κ1) is 15.8. The maximum atomic E-state index is 12.9. The molecule has 1 heterocycles. The van der Waals surface area contributed by atoms with E-state index in [9.17, 15) is 4.79 Å². The van der Waals surface area contributed by atoms with Crippen LogP contribution in [-0.4, -0.2) is 5.91 Å². The Hall–Kier alpha value is -3.07. The van der Waals surface area contributed by atoms with Crippen molar-refractivity contribution in [2.75, 3.05) is 5.32 Å². The van der Waals surface area contributed by atoms with Gasteiger partial charge >= 0.3 is 0 Å². The zero-order chi connectivity index (χ0) is 16.8. The standard InChI is InChI=1S/C21H19NO2/c1-2-16-9-6-7-13-20(16)22-21(23)19(15-18-12-8-14-24-18)17-10-4-3-5-11-17/h3-15H,2H2,1H3,(H,22,23)/b19-15-. The molecule has 3 nitrogen and oxygen atoms in total. The van der Waals surface area contributed by atoms with Crippen LogP contribution in [0.2, 0.25) is 0 Å². The fourth-order valence-corrected chi connectivity index (χ4v) is 2.55. The SMILES string of the molecule is CCc1ccccc1NC(=O)/C(=C\c1ccco1)c1ccccc1. The van der Waals surface area contributed by atoms with Gasteiger partial charge in [0.2, 0.25) is 0 Å². The summed E-state index contributed by atoms with van der Waals surface area (Å²) in [7, 11) is 0. The van der Waals surface area contributed by atoms with E-state index in [0.717, 1.165) is 23.2 Å². The molecule has 0 radical (unpaired) electrons. The number of carbonyl (C=O) groups is 1. The van der Waals surface area contributed by atoms with E-state index in [-0.39, 0.29) is 5.91 Å². The van der Waals surface area contributed by atoms with E-state index in [1.165, 1.54) is 0 Å². The van der Waals surface area contributed by atoms with E-state index in [1.807, 2.05) is 60.7 Å². The van der Waals surface area contributed by atoms with E-state index in [4.69, 9.17) is 4.42 Å². The van der Waals surface area contributed by atoms with Gasteiger partial charge in [0, 0.05) is 5.69 Å². The largest absolute Gasteiger partial charge is 0.465 e. The van der Waals surface area contributed by atoms with Crippen LogP contribution >= 0.6 is 0 Å². The fraction of sp³-hybridized carbons (Fsp3) is 0.0952. The topological polar surface area (TPSA) is 42.2 Å². The van der Waals surface area contributed by atoms with Crippen molar-refractivity contribution in [1.82, 2.24) is 0 Å². The smallest absolute Gasteiger partial charge is 0.256 e. The van der Waals surface area contributed by atoms with Crippen LogP contribution in [0.5, 0.6) is 0 Å².